The summed E-state index contributed by atoms with van der Waals surface area (Å²) in [7, 11) is -3.23. The van der Waals surface area contributed by atoms with E-state index in [-0.39, 0.29) is 0 Å². The molecule has 1 aliphatic carbocycles. The molecule has 1 aromatic rings. The van der Waals surface area contributed by atoms with Crippen molar-refractivity contribution in [2.45, 2.75) is 89.9 Å². The minimum atomic E-state index is -3.23. The Balaban J connectivity index is 2.09. The van der Waals surface area contributed by atoms with Gasteiger partial charge in [0.2, 0.25) is 0 Å². The first-order chi connectivity index (χ1) is 13.2. The average Bonchev–Trinajstić information content (AvgIpc) is 3.19. The fourth-order valence-corrected chi connectivity index (χ4v) is 6.17. The first kappa shape index (κ1) is 22.6. The topological polar surface area (TPSA) is 47.6 Å². The Hall–Kier alpha value is -0.670. The summed E-state index contributed by atoms with van der Waals surface area (Å²) in [4.78, 5) is 0. The van der Waals surface area contributed by atoms with E-state index in [1.165, 1.54) is 5.56 Å². The van der Waals surface area contributed by atoms with E-state index in [9.17, 15) is 4.57 Å². The Morgan fingerprint density at radius 3 is 2.00 bits per heavy atom. The molecule has 27 heavy (non-hydrogen) atoms. The molecule has 0 saturated heterocycles. The lowest BCUT2D eigenvalue weighted by atomic mass is 10.2. The molecule has 2 rings (SSSR count). The number of hydrogen-bond acceptors (Lipinski definition) is 4. The minimum absolute atomic E-state index is 0.521. The molecule has 4 nitrogen and oxygen atoms in total. The van der Waals surface area contributed by atoms with Crippen LogP contribution in [-0.4, -0.2) is 18.5 Å². The van der Waals surface area contributed by atoms with Crippen LogP contribution < -0.4 is 5.32 Å². The van der Waals surface area contributed by atoms with Crippen LogP contribution in [0.1, 0.15) is 83.6 Å². The van der Waals surface area contributed by atoms with Gasteiger partial charge in [-0.1, -0.05) is 82.7 Å². The SMILES string of the molecule is CCCCCOP(=O)(OCCCCC)C1(NCc2ccccc2)CCCC1. The maximum Gasteiger partial charge on any atom is 0.350 e. The van der Waals surface area contributed by atoms with Gasteiger partial charge >= 0.3 is 7.60 Å². The zero-order valence-electron chi connectivity index (χ0n) is 17.3. The zero-order valence-corrected chi connectivity index (χ0v) is 18.1. The molecule has 1 fully saturated rings. The third kappa shape index (κ3) is 6.71. The Kier molecular flexibility index (Phi) is 10.1. The molecule has 5 heteroatoms. The maximum atomic E-state index is 14.0. The molecule has 0 aromatic heterocycles. The molecule has 154 valence electrons. The highest BCUT2D eigenvalue weighted by Gasteiger charge is 2.52. The van der Waals surface area contributed by atoms with Gasteiger partial charge in [-0.15, -0.1) is 0 Å². The first-order valence-electron chi connectivity index (χ1n) is 10.8. The summed E-state index contributed by atoms with van der Waals surface area (Å²) in [6, 6.07) is 10.3. The first-order valence-corrected chi connectivity index (χ1v) is 12.4. The van der Waals surface area contributed by atoms with Gasteiger partial charge in [-0.05, 0) is 31.2 Å². The van der Waals surface area contributed by atoms with Crippen LogP contribution in [0.2, 0.25) is 0 Å². The summed E-state index contributed by atoms with van der Waals surface area (Å²) in [5.41, 5.74) is 1.20. The Labute approximate surface area is 166 Å². The van der Waals surface area contributed by atoms with E-state index in [1.807, 2.05) is 18.2 Å². The Morgan fingerprint density at radius 2 is 1.48 bits per heavy atom. The normalized spacial score (nSPS) is 16.7. The molecule has 0 unspecified atom stereocenters. The summed E-state index contributed by atoms with van der Waals surface area (Å²) in [6.07, 6.45) is 10.2. The molecule has 1 aromatic carbocycles. The van der Waals surface area contributed by atoms with E-state index < -0.39 is 12.9 Å². The highest BCUT2D eigenvalue weighted by molar-refractivity contribution is 7.55. The van der Waals surface area contributed by atoms with E-state index in [4.69, 9.17) is 9.05 Å². The van der Waals surface area contributed by atoms with Crippen molar-refractivity contribution in [1.29, 1.82) is 0 Å². The van der Waals surface area contributed by atoms with E-state index in [2.05, 4.69) is 31.3 Å². The predicted octanol–water partition coefficient (Wildman–Crippen LogP) is 6.65. The second-order valence-corrected chi connectivity index (χ2v) is 10.0. The molecular formula is C22H38NO3P. The largest absolute Gasteiger partial charge is 0.350 e. The number of nitrogens with one attached hydrogen (secondary N) is 1. The quantitative estimate of drug-likeness (QED) is 0.283. The Bertz CT molecular complexity index is 542. The van der Waals surface area contributed by atoms with Crippen molar-refractivity contribution < 1.29 is 13.6 Å². The lowest BCUT2D eigenvalue weighted by molar-refractivity contribution is 0.167. The lowest BCUT2D eigenvalue weighted by Gasteiger charge is -2.37. The van der Waals surface area contributed by atoms with Crippen molar-refractivity contribution in [3.8, 4) is 0 Å². The lowest BCUT2D eigenvalue weighted by Crippen LogP contribution is -2.43. The molecule has 0 atom stereocenters. The maximum absolute atomic E-state index is 14.0. The molecule has 1 saturated carbocycles. The second kappa shape index (κ2) is 12.0. The van der Waals surface area contributed by atoms with E-state index in [0.29, 0.717) is 19.8 Å². The monoisotopic (exact) mass is 395 g/mol. The number of unbranched alkanes of at least 4 members (excludes halogenated alkanes) is 4. The summed E-state index contributed by atoms with van der Waals surface area (Å²) in [6.45, 7) is 6.07. The van der Waals surface area contributed by atoms with Gasteiger partial charge < -0.3 is 9.05 Å². The third-order valence-electron chi connectivity index (χ3n) is 5.44. The zero-order chi connectivity index (χ0) is 19.4. The van der Waals surface area contributed by atoms with Gasteiger partial charge in [-0.2, -0.15) is 0 Å². The molecular weight excluding hydrogens is 357 g/mol. The minimum Gasteiger partial charge on any atom is -0.307 e. The van der Waals surface area contributed by atoms with Gasteiger partial charge in [0.1, 0.15) is 5.28 Å². The third-order valence-corrected chi connectivity index (χ3v) is 8.14. The van der Waals surface area contributed by atoms with Gasteiger partial charge in [-0.25, -0.2) is 0 Å². The molecule has 0 spiro atoms. The average molecular weight is 396 g/mol. The summed E-state index contributed by atoms with van der Waals surface area (Å²) in [5, 5.41) is 3.08. The van der Waals surface area contributed by atoms with Crippen LogP contribution in [0, 0.1) is 0 Å². The molecule has 1 aliphatic rings. The van der Waals surface area contributed by atoms with Crippen LogP contribution in [0.3, 0.4) is 0 Å². The molecule has 1 N–H and O–H groups in total. The van der Waals surface area contributed by atoms with Crippen molar-refractivity contribution >= 4 is 7.60 Å². The Morgan fingerprint density at radius 1 is 0.926 bits per heavy atom. The van der Waals surface area contributed by atoms with Gasteiger partial charge in [0.15, 0.2) is 0 Å². The molecule has 0 amide bonds. The number of hydrogen-bond donors (Lipinski definition) is 1. The van der Waals surface area contributed by atoms with Crippen molar-refractivity contribution in [2.75, 3.05) is 13.2 Å². The van der Waals surface area contributed by atoms with Crippen molar-refractivity contribution in [2.24, 2.45) is 0 Å². The van der Waals surface area contributed by atoms with E-state index in [0.717, 1.165) is 64.2 Å². The van der Waals surface area contributed by atoms with Gasteiger partial charge in [-0.3, -0.25) is 9.88 Å². The molecule has 0 bridgehead atoms. The summed E-state index contributed by atoms with van der Waals surface area (Å²) in [5.74, 6) is 0. The van der Waals surface area contributed by atoms with E-state index >= 15 is 0 Å². The smallest absolute Gasteiger partial charge is 0.307 e. The van der Waals surface area contributed by atoms with Crippen LogP contribution in [0.25, 0.3) is 0 Å². The van der Waals surface area contributed by atoms with Crippen LogP contribution in [-0.2, 0) is 20.2 Å². The second-order valence-electron chi connectivity index (χ2n) is 7.66. The number of benzene rings is 1. The molecule has 0 aliphatic heterocycles. The highest BCUT2D eigenvalue weighted by atomic mass is 31.2. The van der Waals surface area contributed by atoms with Crippen LogP contribution in [0.5, 0.6) is 0 Å². The van der Waals surface area contributed by atoms with Crippen LogP contribution in [0.4, 0.5) is 0 Å². The van der Waals surface area contributed by atoms with Gasteiger partial charge in [0.05, 0.1) is 13.2 Å². The number of rotatable bonds is 14. The van der Waals surface area contributed by atoms with Gasteiger partial charge in [0.25, 0.3) is 0 Å². The van der Waals surface area contributed by atoms with Crippen LogP contribution in [0.15, 0.2) is 30.3 Å². The van der Waals surface area contributed by atoms with Crippen molar-refractivity contribution in [3.05, 3.63) is 35.9 Å². The van der Waals surface area contributed by atoms with Crippen LogP contribution >= 0.6 is 7.60 Å². The fourth-order valence-electron chi connectivity index (χ4n) is 3.73. The predicted molar refractivity (Wildman–Crippen MR) is 113 cm³/mol. The van der Waals surface area contributed by atoms with Crippen molar-refractivity contribution in [1.82, 2.24) is 5.32 Å². The molecule has 0 radical (unpaired) electrons. The standard InChI is InChI=1S/C22H38NO3P/c1-3-5-12-18-25-27(24,26-19-13-6-4-2)22(16-10-11-17-22)23-20-21-14-8-7-9-15-21/h7-9,14-15,23H,3-6,10-13,16-20H2,1-2H3. The van der Waals surface area contributed by atoms with Crippen molar-refractivity contribution in [3.63, 3.8) is 0 Å². The van der Waals surface area contributed by atoms with E-state index in [1.54, 1.807) is 0 Å². The van der Waals surface area contributed by atoms with Gasteiger partial charge in [0, 0.05) is 6.54 Å². The fraction of sp³-hybridized carbons (Fsp3) is 0.727. The summed E-state index contributed by atoms with van der Waals surface area (Å²) < 4.78 is 26.1. The molecule has 0 heterocycles. The highest BCUT2D eigenvalue weighted by Crippen LogP contribution is 2.64. The summed E-state index contributed by atoms with van der Waals surface area (Å²) >= 11 is 0.